The monoisotopic (exact) mass is 507 g/mol. The molecule has 0 aliphatic rings. The van der Waals surface area contributed by atoms with E-state index in [4.69, 9.17) is 18.9 Å². The van der Waals surface area contributed by atoms with Crippen molar-refractivity contribution in [2.24, 2.45) is 5.10 Å². The Hall–Kier alpha value is -4.93. The van der Waals surface area contributed by atoms with Gasteiger partial charge >= 0.3 is 5.97 Å². The Morgan fingerprint density at radius 2 is 1.65 bits per heavy atom. The van der Waals surface area contributed by atoms with E-state index in [1.165, 1.54) is 50.8 Å². The third-order valence-electron chi connectivity index (χ3n) is 5.00. The minimum Gasteiger partial charge on any atom is -0.493 e. The van der Waals surface area contributed by atoms with E-state index >= 15 is 0 Å². The Morgan fingerprint density at radius 1 is 0.946 bits per heavy atom. The number of hydrazone groups is 1. The Balaban J connectivity index is 1.64. The number of carbonyl (C=O) groups is 2. The molecule has 0 aromatic heterocycles. The van der Waals surface area contributed by atoms with Gasteiger partial charge in [-0.25, -0.2) is 10.2 Å². The summed E-state index contributed by atoms with van der Waals surface area (Å²) >= 11 is 0. The number of hydrogen-bond donors (Lipinski definition) is 1. The van der Waals surface area contributed by atoms with E-state index in [0.29, 0.717) is 29.4 Å². The zero-order valence-electron chi connectivity index (χ0n) is 20.4. The molecule has 0 unspecified atom stereocenters. The van der Waals surface area contributed by atoms with Crippen LogP contribution in [0.4, 0.5) is 5.69 Å². The van der Waals surface area contributed by atoms with Gasteiger partial charge in [-0.15, -0.1) is 0 Å². The molecule has 0 atom stereocenters. The molecule has 11 heteroatoms. The maximum absolute atomic E-state index is 12.5. The number of esters is 1. The van der Waals surface area contributed by atoms with Crippen molar-refractivity contribution >= 4 is 23.8 Å². The number of hydrogen-bond acceptors (Lipinski definition) is 9. The summed E-state index contributed by atoms with van der Waals surface area (Å²) in [5.41, 5.74) is 3.79. The molecule has 0 heterocycles. The fraction of sp³-hybridized carbons (Fsp3) is 0.192. The highest BCUT2D eigenvalue weighted by molar-refractivity contribution is 5.92. The summed E-state index contributed by atoms with van der Waals surface area (Å²) in [4.78, 5) is 35.0. The Labute approximate surface area is 212 Å². The molecule has 3 rings (SSSR count). The number of nitro groups is 1. The number of nitrogens with zero attached hydrogens (tertiary/aromatic N) is 2. The van der Waals surface area contributed by atoms with Gasteiger partial charge in [0.25, 0.3) is 5.69 Å². The number of benzene rings is 3. The van der Waals surface area contributed by atoms with Crippen LogP contribution >= 0.6 is 0 Å². The zero-order valence-corrected chi connectivity index (χ0v) is 20.4. The molecular weight excluding hydrogens is 482 g/mol. The molecule has 0 aliphatic carbocycles. The standard InChI is InChI=1S/C26H25N3O8/c1-4-36-24-14-18(6-12-22(24)37-26(31)19-7-9-20(10-8-19)29(32)33)16-27-28-25(30)15-17-5-11-21(34-2)23(13-17)35-3/h5-14,16H,4,15H2,1-3H3,(H,28,30). The molecule has 0 aliphatic heterocycles. The molecule has 3 aromatic rings. The SMILES string of the molecule is CCOc1cc(C=NNC(=O)Cc2ccc(OC)c(OC)c2)ccc1OC(=O)c1ccc([N+](=O)[O-])cc1. The highest BCUT2D eigenvalue weighted by Crippen LogP contribution is 2.29. The molecule has 0 radical (unpaired) electrons. The van der Waals surface area contributed by atoms with Crippen LogP contribution in [0.3, 0.4) is 0 Å². The first-order valence-corrected chi connectivity index (χ1v) is 11.1. The van der Waals surface area contributed by atoms with Crippen LogP contribution in [0, 0.1) is 10.1 Å². The van der Waals surface area contributed by atoms with Crippen LogP contribution < -0.4 is 24.4 Å². The van der Waals surface area contributed by atoms with Crippen molar-refractivity contribution in [2.45, 2.75) is 13.3 Å². The third-order valence-corrected chi connectivity index (χ3v) is 5.00. The normalized spacial score (nSPS) is 10.6. The lowest BCUT2D eigenvalue weighted by Gasteiger charge is -2.11. The summed E-state index contributed by atoms with van der Waals surface area (Å²) in [6.07, 6.45) is 1.51. The summed E-state index contributed by atoms with van der Waals surface area (Å²) in [5, 5.41) is 14.8. The van der Waals surface area contributed by atoms with Crippen LogP contribution in [-0.4, -0.2) is 43.8 Å². The molecule has 192 valence electrons. The van der Waals surface area contributed by atoms with E-state index in [1.54, 1.807) is 37.3 Å². The van der Waals surface area contributed by atoms with Gasteiger partial charge in [0.05, 0.1) is 43.9 Å². The summed E-state index contributed by atoms with van der Waals surface area (Å²) in [6, 6.07) is 15.0. The maximum atomic E-state index is 12.5. The highest BCUT2D eigenvalue weighted by atomic mass is 16.6. The van der Waals surface area contributed by atoms with Crippen molar-refractivity contribution in [1.82, 2.24) is 5.43 Å². The van der Waals surface area contributed by atoms with Gasteiger partial charge < -0.3 is 18.9 Å². The van der Waals surface area contributed by atoms with Crippen LogP contribution in [0.15, 0.2) is 65.8 Å². The zero-order chi connectivity index (χ0) is 26.8. The average molecular weight is 507 g/mol. The Kier molecular flexibility index (Phi) is 9.14. The van der Waals surface area contributed by atoms with E-state index in [1.807, 2.05) is 0 Å². The Bertz CT molecular complexity index is 1310. The van der Waals surface area contributed by atoms with Crippen molar-refractivity contribution in [3.05, 3.63) is 87.5 Å². The van der Waals surface area contributed by atoms with E-state index in [0.717, 1.165) is 5.56 Å². The predicted octanol–water partition coefficient (Wildman–Crippen LogP) is 3.92. The van der Waals surface area contributed by atoms with Crippen LogP contribution in [0.25, 0.3) is 0 Å². The van der Waals surface area contributed by atoms with Crippen LogP contribution in [0.2, 0.25) is 0 Å². The number of nitrogens with one attached hydrogen (secondary N) is 1. The molecule has 1 N–H and O–H groups in total. The number of nitro benzene ring substituents is 1. The number of carbonyl (C=O) groups excluding carboxylic acids is 2. The van der Waals surface area contributed by atoms with Gasteiger partial charge in [-0.1, -0.05) is 6.07 Å². The summed E-state index contributed by atoms with van der Waals surface area (Å²) < 4.78 is 21.4. The lowest BCUT2D eigenvalue weighted by molar-refractivity contribution is -0.384. The van der Waals surface area contributed by atoms with Gasteiger partial charge in [-0.05, 0) is 60.5 Å². The van der Waals surface area contributed by atoms with Crippen LogP contribution in [0.1, 0.15) is 28.4 Å². The fourth-order valence-corrected chi connectivity index (χ4v) is 3.23. The lowest BCUT2D eigenvalue weighted by atomic mass is 10.1. The van der Waals surface area contributed by atoms with Gasteiger partial charge in [0.1, 0.15) is 0 Å². The molecule has 0 spiro atoms. The first-order chi connectivity index (χ1) is 17.8. The minimum atomic E-state index is -0.695. The van der Waals surface area contributed by atoms with Crippen LogP contribution in [0.5, 0.6) is 23.0 Å². The van der Waals surface area contributed by atoms with Gasteiger partial charge in [-0.3, -0.25) is 14.9 Å². The smallest absolute Gasteiger partial charge is 0.343 e. The first kappa shape index (κ1) is 26.7. The summed E-state index contributed by atoms with van der Waals surface area (Å²) in [7, 11) is 3.05. The Morgan fingerprint density at radius 3 is 2.30 bits per heavy atom. The summed E-state index contributed by atoms with van der Waals surface area (Å²) in [5.74, 6) is 0.519. The lowest BCUT2D eigenvalue weighted by Crippen LogP contribution is -2.19. The van der Waals surface area contributed by atoms with Crippen molar-refractivity contribution in [1.29, 1.82) is 0 Å². The van der Waals surface area contributed by atoms with Gasteiger partial charge in [0.15, 0.2) is 23.0 Å². The second kappa shape index (κ2) is 12.7. The van der Waals surface area contributed by atoms with E-state index in [-0.39, 0.29) is 29.3 Å². The predicted molar refractivity (Wildman–Crippen MR) is 135 cm³/mol. The number of methoxy groups -OCH3 is 2. The van der Waals surface area contributed by atoms with Gasteiger partial charge in [0.2, 0.25) is 5.91 Å². The topological polar surface area (TPSA) is 139 Å². The number of ether oxygens (including phenoxy) is 4. The first-order valence-electron chi connectivity index (χ1n) is 11.1. The van der Waals surface area contributed by atoms with Gasteiger partial charge in [-0.2, -0.15) is 5.10 Å². The molecule has 0 bridgehead atoms. The number of amides is 1. The van der Waals surface area contributed by atoms with Crippen molar-refractivity contribution in [3.63, 3.8) is 0 Å². The quantitative estimate of drug-likeness (QED) is 0.135. The highest BCUT2D eigenvalue weighted by Gasteiger charge is 2.15. The number of non-ortho nitro benzene ring substituents is 1. The molecule has 1 amide bonds. The molecule has 0 fully saturated rings. The van der Waals surface area contributed by atoms with Crippen molar-refractivity contribution in [2.75, 3.05) is 20.8 Å². The molecule has 0 saturated heterocycles. The molecule has 0 saturated carbocycles. The molecule has 11 nitrogen and oxygen atoms in total. The largest absolute Gasteiger partial charge is 0.493 e. The van der Waals surface area contributed by atoms with Crippen LogP contribution in [-0.2, 0) is 11.2 Å². The molecular formula is C26H25N3O8. The van der Waals surface area contributed by atoms with Gasteiger partial charge in [0, 0.05) is 12.1 Å². The maximum Gasteiger partial charge on any atom is 0.343 e. The second-order valence-corrected chi connectivity index (χ2v) is 7.49. The third kappa shape index (κ3) is 7.28. The average Bonchev–Trinajstić information content (AvgIpc) is 2.90. The number of rotatable bonds is 11. The fourth-order valence-electron chi connectivity index (χ4n) is 3.23. The van der Waals surface area contributed by atoms with E-state index in [9.17, 15) is 19.7 Å². The molecule has 37 heavy (non-hydrogen) atoms. The summed E-state index contributed by atoms with van der Waals surface area (Å²) in [6.45, 7) is 2.09. The minimum absolute atomic E-state index is 0.0828. The second-order valence-electron chi connectivity index (χ2n) is 7.49. The van der Waals surface area contributed by atoms with Crippen molar-refractivity contribution in [3.8, 4) is 23.0 Å². The molecule has 3 aromatic carbocycles. The van der Waals surface area contributed by atoms with Crippen molar-refractivity contribution < 1.29 is 33.5 Å². The van der Waals surface area contributed by atoms with E-state index < -0.39 is 10.9 Å². The van der Waals surface area contributed by atoms with E-state index in [2.05, 4.69) is 10.5 Å².